The van der Waals surface area contributed by atoms with Crippen molar-refractivity contribution in [3.63, 3.8) is 0 Å². The van der Waals surface area contributed by atoms with Gasteiger partial charge in [0.1, 0.15) is 73.3 Å². The third-order valence-electron chi connectivity index (χ3n) is 22.9. The van der Waals surface area contributed by atoms with Crippen molar-refractivity contribution in [2.24, 2.45) is 0 Å². The van der Waals surface area contributed by atoms with Crippen molar-refractivity contribution in [3.05, 3.63) is 286 Å². The topological polar surface area (TPSA) is 437 Å². The van der Waals surface area contributed by atoms with Crippen LogP contribution in [0.3, 0.4) is 0 Å². The number of carbonyl (C=O) groups is 12. The molecule has 140 heavy (non-hydrogen) atoms. The average molecular weight is 1920 g/mol. The fourth-order valence-corrected chi connectivity index (χ4v) is 15.3. The second-order valence-corrected chi connectivity index (χ2v) is 35.9. The van der Waals surface area contributed by atoms with Gasteiger partial charge in [-0.1, -0.05) is 135 Å². The summed E-state index contributed by atoms with van der Waals surface area (Å²) in [5, 5.41) is 46.8. The molecule has 0 radical (unpaired) electrons. The molecule has 11 N–H and O–H groups in total. The minimum absolute atomic E-state index is 0.0689. The Labute approximate surface area is 815 Å². The molecule has 0 saturated carbocycles. The zero-order chi connectivity index (χ0) is 101. The van der Waals surface area contributed by atoms with Crippen LogP contribution in [0.2, 0.25) is 0 Å². The monoisotopic (exact) mass is 1920 g/mol. The van der Waals surface area contributed by atoms with Crippen molar-refractivity contribution in [1.82, 2.24) is 41.7 Å². The number of methoxy groups -OCH3 is 2. The number of amides is 12. The van der Waals surface area contributed by atoms with Gasteiger partial charge >= 0.3 is 36.6 Å². The van der Waals surface area contributed by atoms with Gasteiger partial charge in [0.25, 0.3) is 11.8 Å². The highest BCUT2D eigenvalue weighted by Gasteiger charge is 2.46. The molecule has 3 aliphatic heterocycles. The van der Waals surface area contributed by atoms with Crippen LogP contribution in [0, 0.1) is 27.7 Å². The fraction of sp³-hybridized carbons (Fsp3) is 0.358. The van der Waals surface area contributed by atoms with Gasteiger partial charge in [-0.2, -0.15) is 0 Å². The highest BCUT2D eigenvalue weighted by atomic mass is 16.6. The predicted octanol–water partition coefficient (Wildman–Crippen LogP) is 15.6. The Balaban J connectivity index is 0.000000288. The molecule has 34 heteroatoms. The van der Waals surface area contributed by atoms with Gasteiger partial charge in [-0.25, -0.2) is 33.7 Å². The molecule has 0 unspecified atom stereocenters. The van der Waals surface area contributed by atoms with Gasteiger partial charge in [0.05, 0.1) is 55.4 Å². The van der Waals surface area contributed by atoms with Crippen LogP contribution in [-0.2, 0) is 73.7 Å². The molecule has 3 heterocycles. The number of benzene rings is 8. The van der Waals surface area contributed by atoms with Crippen molar-refractivity contribution in [2.45, 2.75) is 200 Å². The molecule has 0 aromatic heterocycles. The Hall–Kier alpha value is -15.3. The number of aryl methyl sites for hydroxylation is 4. The number of anilines is 4. The van der Waals surface area contributed by atoms with Gasteiger partial charge in [-0.05, 0) is 260 Å². The second-order valence-electron chi connectivity index (χ2n) is 35.9. The maximum atomic E-state index is 14.1. The number of aliphatic hydroxyl groups is 2. The highest BCUT2D eigenvalue weighted by molar-refractivity contribution is 6.08. The van der Waals surface area contributed by atoms with Crippen LogP contribution in [0.15, 0.2) is 220 Å². The summed E-state index contributed by atoms with van der Waals surface area (Å²) in [6.45, 7) is 24.9. The summed E-state index contributed by atoms with van der Waals surface area (Å²) < 4.78 is 42.8. The van der Waals surface area contributed by atoms with Crippen LogP contribution in [0.4, 0.5) is 51.5 Å². The molecular formula is C106H126N12O22. The van der Waals surface area contributed by atoms with Crippen molar-refractivity contribution in [1.29, 1.82) is 0 Å². The van der Waals surface area contributed by atoms with Gasteiger partial charge < -0.3 is 100 Å². The number of nitrogens with one attached hydrogen (secondary N) is 9. The lowest BCUT2D eigenvalue weighted by Gasteiger charge is -2.31. The molecule has 0 spiro atoms. The Morgan fingerprint density at radius 1 is 0.471 bits per heavy atom. The van der Waals surface area contributed by atoms with E-state index in [9.17, 15) is 67.7 Å². The normalized spacial score (nSPS) is 15.0. The molecule has 7 atom stereocenters. The van der Waals surface area contributed by atoms with E-state index in [2.05, 4.69) is 61.0 Å². The minimum atomic E-state index is -1.46. The van der Waals surface area contributed by atoms with E-state index in [4.69, 9.17) is 37.9 Å². The van der Waals surface area contributed by atoms with Crippen molar-refractivity contribution < 1.29 is 106 Å². The van der Waals surface area contributed by atoms with E-state index >= 15 is 0 Å². The van der Waals surface area contributed by atoms with Gasteiger partial charge in [0, 0.05) is 49.7 Å². The van der Waals surface area contributed by atoms with E-state index in [-0.39, 0.29) is 107 Å². The summed E-state index contributed by atoms with van der Waals surface area (Å²) in [7, 11) is 3.16. The number of rotatable bonds is 39. The summed E-state index contributed by atoms with van der Waals surface area (Å²) in [6.07, 6.45) is 3.36. The second kappa shape index (κ2) is 51.2. The van der Waals surface area contributed by atoms with Gasteiger partial charge in [-0.15, -0.1) is 0 Å². The SMILES string of the molecule is C=CCOC(=O)N[C@@H](Cc1ccccc1)C(=O)N[C@@H](CCCCNC(=O)OC(C)(C)C)C(=O)Nc1ccc(COC(=O)N2c3cc(C)c(C)cc3C(=O)N3C=C(c4ccc(OC)cc4)C[C@H]3[C@@H]2O)cc1.C=CCOC(=O)N[C@@H](Cc1ccccc1)C(=O)N[C@@H](CCCCNC(=O)OC(C)(C)C)C(=O)Nc1ccc(COC(=O)Nc2cc(C)c(C)cc2C(=O)N2C=C(c3ccc(OC)cc3)C[C@H]2CO)cc1. The number of aliphatic hydroxyl groups excluding tert-OH is 2. The van der Waals surface area contributed by atoms with Gasteiger partial charge in [0.2, 0.25) is 23.6 Å². The minimum Gasteiger partial charge on any atom is -0.497 e. The molecule has 3 aliphatic rings. The molecule has 12 amide bonds. The first-order valence-corrected chi connectivity index (χ1v) is 46.2. The van der Waals surface area contributed by atoms with E-state index < -0.39 is 120 Å². The molecule has 8 aromatic rings. The van der Waals surface area contributed by atoms with Crippen molar-refractivity contribution in [2.75, 3.05) is 68.0 Å². The highest BCUT2D eigenvalue weighted by Crippen LogP contribution is 2.41. The van der Waals surface area contributed by atoms with Gasteiger partial charge in [0.15, 0.2) is 6.23 Å². The molecule has 0 bridgehead atoms. The molecule has 34 nitrogen and oxygen atoms in total. The summed E-state index contributed by atoms with van der Waals surface area (Å²) in [6, 6.07) is 47.2. The third-order valence-corrected chi connectivity index (χ3v) is 22.9. The first-order chi connectivity index (χ1) is 66.9. The number of hydrogen-bond donors (Lipinski definition) is 11. The summed E-state index contributed by atoms with van der Waals surface area (Å²) in [4.78, 5) is 165. The Kier molecular flexibility index (Phi) is 39.0. The average Bonchev–Trinajstić information content (AvgIpc) is 1.59. The lowest BCUT2D eigenvalue weighted by Crippen LogP contribution is -2.53. The van der Waals surface area contributed by atoms with Crippen LogP contribution in [0.5, 0.6) is 11.5 Å². The molecule has 11 rings (SSSR count). The van der Waals surface area contributed by atoms with Crippen molar-refractivity contribution in [3.8, 4) is 11.5 Å². The number of hydrogen-bond acceptors (Lipinski definition) is 22. The van der Waals surface area contributed by atoms with Crippen LogP contribution in [0.25, 0.3) is 11.1 Å². The van der Waals surface area contributed by atoms with Crippen LogP contribution < -0.4 is 62.2 Å². The van der Waals surface area contributed by atoms with Gasteiger partial charge in [-0.3, -0.25) is 34.1 Å². The third kappa shape index (κ3) is 31.9. The molecule has 8 aromatic carbocycles. The molecule has 0 saturated heterocycles. The van der Waals surface area contributed by atoms with Crippen LogP contribution in [0.1, 0.15) is 169 Å². The van der Waals surface area contributed by atoms with E-state index in [1.165, 1.54) is 22.0 Å². The number of ether oxygens (including phenoxy) is 8. The lowest BCUT2D eigenvalue weighted by atomic mass is 10.0. The summed E-state index contributed by atoms with van der Waals surface area (Å²) in [5.41, 5.74) is 9.77. The molecule has 0 fully saturated rings. The molecule has 0 aliphatic carbocycles. The Morgan fingerprint density at radius 3 is 1.36 bits per heavy atom. The lowest BCUT2D eigenvalue weighted by molar-refractivity contribution is -0.128. The summed E-state index contributed by atoms with van der Waals surface area (Å²) in [5.74, 6) is -1.70. The first-order valence-electron chi connectivity index (χ1n) is 46.2. The molecule has 742 valence electrons. The largest absolute Gasteiger partial charge is 0.497 e. The number of fused-ring (bicyclic) bond motifs is 2. The van der Waals surface area contributed by atoms with Crippen molar-refractivity contribution >= 4 is 106 Å². The first kappa shape index (κ1) is 107. The molecular weight excluding hydrogens is 1790 g/mol. The fourth-order valence-electron chi connectivity index (χ4n) is 15.3. The number of unbranched alkanes of at least 4 members (excludes halogenated alkanes) is 2. The Morgan fingerprint density at radius 2 is 0.914 bits per heavy atom. The van der Waals surface area contributed by atoms with Crippen LogP contribution >= 0.6 is 0 Å². The number of nitrogens with zero attached hydrogens (tertiary/aromatic N) is 3. The van der Waals surface area contributed by atoms with E-state index in [0.717, 1.165) is 60.6 Å². The zero-order valence-corrected chi connectivity index (χ0v) is 81.0. The van der Waals surface area contributed by atoms with Crippen LogP contribution in [-0.4, -0.2) is 193 Å². The zero-order valence-electron chi connectivity index (χ0n) is 81.0. The standard InChI is InChI=1S/C53H62N6O11.C53H64N6O11/c1-8-26-68-51(65)57-43(29-35-14-10-9-11-15-35)47(61)56-42(16-12-13-25-54-50(64)70-53(4,5)6)46(60)55-39-21-17-36(18-22-39)32-69-52(66)59-44-28-34(3)33(2)27-41(44)48(62)58-31-38(30-45(58)49(59)63)37-19-23-40(67-7)24-20-37;1-8-26-68-51(65)58-46(29-36-14-10-9-11-15-36)48(62)56-44(16-12-13-25-54-50(64)70-53(4,5)6)47(61)55-40-21-17-37(18-22-40)33-69-52(66)57-45-28-35(3)34(2)27-43(45)49(63)59-31-39(30-41(59)32-60)38-19-23-42(67-7)24-20-38/h8-11,14-15,17-24,27-28,31,42-43,45,49,63H,1,12-13,16,25-26,29-30,32H2,2-7H3,(H,54,64)(H,55,60)(H,56,61)(H,57,65);8-11,14-15,17-24,27-28,31,41,44,46,60H,1,12-13,16,25-26,29-30,32-33H2,2-7H3,(H,54,64)(H,55,61)(H,56,62)(H,57,66)(H,58,65)/t42-,43-,45-,49-;41-,44-,46-/m00/s1. The van der Waals surface area contributed by atoms with E-state index in [0.29, 0.717) is 66.1 Å². The smallest absolute Gasteiger partial charge is 0.416 e. The maximum absolute atomic E-state index is 14.1. The Bertz CT molecular complexity index is 5740. The van der Waals surface area contributed by atoms with E-state index in [1.807, 2.05) is 125 Å². The van der Waals surface area contributed by atoms with E-state index in [1.54, 1.807) is 153 Å². The number of alkyl carbamates (subject to hydrolysis) is 4. The maximum Gasteiger partial charge on any atom is 0.416 e. The summed E-state index contributed by atoms with van der Waals surface area (Å²) >= 11 is 0. The predicted molar refractivity (Wildman–Crippen MR) is 530 cm³/mol. The quantitative estimate of drug-likeness (QED) is 0.00968. The number of carbonyl (C=O) groups excluding carboxylic acids is 12.